The monoisotopic (exact) mass is 607 g/mol. The van der Waals surface area contributed by atoms with Gasteiger partial charge in [0.2, 0.25) is 21.8 Å². The van der Waals surface area contributed by atoms with E-state index in [1.165, 1.54) is 15.8 Å². The summed E-state index contributed by atoms with van der Waals surface area (Å²) in [7, 11) is -2.10. The first kappa shape index (κ1) is 29.2. The Hall–Kier alpha value is -3.31. The zero-order valence-electron chi connectivity index (χ0n) is 22.9. The molecule has 41 heavy (non-hydrogen) atoms. The molecular formula is C31H33N3O4S3. The van der Waals surface area contributed by atoms with Gasteiger partial charge in [-0.2, -0.15) is 0 Å². The zero-order valence-corrected chi connectivity index (χ0v) is 25.4. The average molecular weight is 608 g/mol. The van der Waals surface area contributed by atoms with Crippen LogP contribution in [-0.4, -0.2) is 32.2 Å². The first-order valence-electron chi connectivity index (χ1n) is 13.5. The number of nitrogens with one attached hydrogen (secondary N) is 1. The summed E-state index contributed by atoms with van der Waals surface area (Å²) in [5.41, 5.74) is 2.16. The molecule has 3 N–H and O–H groups in total. The van der Waals surface area contributed by atoms with E-state index in [1.807, 2.05) is 37.3 Å². The summed E-state index contributed by atoms with van der Waals surface area (Å²) >= 11 is 3.38. The second-order valence-electron chi connectivity index (χ2n) is 10.5. The van der Waals surface area contributed by atoms with Gasteiger partial charge in [-0.25, -0.2) is 13.6 Å². The number of primary sulfonamides is 1. The topological polar surface area (TPSA) is 110 Å². The van der Waals surface area contributed by atoms with Crippen LogP contribution in [0.5, 0.6) is 0 Å². The van der Waals surface area contributed by atoms with Gasteiger partial charge in [-0.05, 0) is 60.5 Å². The largest absolute Gasteiger partial charge is 0.349 e. The van der Waals surface area contributed by atoms with E-state index in [1.54, 1.807) is 52.8 Å². The normalized spacial score (nSPS) is 17.7. The van der Waals surface area contributed by atoms with Gasteiger partial charge in [-0.3, -0.25) is 9.59 Å². The van der Waals surface area contributed by atoms with Crippen LogP contribution in [0.4, 0.5) is 0 Å². The van der Waals surface area contributed by atoms with Crippen molar-refractivity contribution in [2.24, 2.45) is 17.0 Å². The molecule has 0 radical (unpaired) electrons. The summed E-state index contributed by atoms with van der Waals surface area (Å²) in [4.78, 5) is 32.0. The molecular weight excluding hydrogens is 575 g/mol. The number of sulfonamides is 1. The number of amides is 2. The Morgan fingerprint density at radius 3 is 2.41 bits per heavy atom. The first-order chi connectivity index (χ1) is 19.6. The third-order valence-electron chi connectivity index (χ3n) is 7.60. The second kappa shape index (κ2) is 12.3. The van der Waals surface area contributed by atoms with Crippen molar-refractivity contribution in [3.63, 3.8) is 0 Å². The van der Waals surface area contributed by atoms with Gasteiger partial charge in [0.25, 0.3) is 0 Å². The number of rotatable bonds is 9. The molecule has 1 aliphatic rings. The van der Waals surface area contributed by atoms with Gasteiger partial charge in [0, 0.05) is 45.6 Å². The Balaban J connectivity index is 1.21. The molecule has 2 aromatic heterocycles. The van der Waals surface area contributed by atoms with Crippen LogP contribution < -0.4 is 10.5 Å². The molecule has 2 heterocycles. The highest BCUT2D eigenvalue weighted by atomic mass is 32.2. The van der Waals surface area contributed by atoms with Crippen molar-refractivity contribution in [3.05, 3.63) is 88.6 Å². The van der Waals surface area contributed by atoms with Crippen LogP contribution >= 0.6 is 22.7 Å². The minimum Gasteiger partial charge on any atom is -0.349 e. The van der Waals surface area contributed by atoms with Gasteiger partial charge < -0.3 is 10.2 Å². The van der Waals surface area contributed by atoms with Crippen LogP contribution in [0, 0.1) is 11.8 Å². The Labute approximate surface area is 249 Å². The fourth-order valence-electron chi connectivity index (χ4n) is 5.48. The first-order valence-corrected chi connectivity index (χ1v) is 16.8. The lowest BCUT2D eigenvalue weighted by atomic mass is 9.93. The fraction of sp³-hybridized carbons (Fsp3) is 0.290. The maximum absolute atomic E-state index is 13.5. The number of hydrogen-bond acceptors (Lipinski definition) is 6. The smallest absolute Gasteiger partial charge is 0.238 e. The van der Waals surface area contributed by atoms with E-state index in [0.29, 0.717) is 24.9 Å². The van der Waals surface area contributed by atoms with Gasteiger partial charge in [0.05, 0.1) is 10.9 Å². The predicted molar refractivity (Wildman–Crippen MR) is 165 cm³/mol. The third kappa shape index (κ3) is 6.62. The molecule has 3 atom stereocenters. The number of carbonyl (C=O) groups excluding carboxylic acids is 2. The van der Waals surface area contributed by atoms with Gasteiger partial charge >= 0.3 is 0 Å². The quantitative estimate of drug-likeness (QED) is 0.242. The van der Waals surface area contributed by atoms with Gasteiger partial charge in [0.15, 0.2) is 0 Å². The predicted octanol–water partition coefficient (Wildman–Crippen LogP) is 6.04. The highest BCUT2D eigenvalue weighted by Gasteiger charge is 2.39. The lowest BCUT2D eigenvalue weighted by Crippen LogP contribution is -2.40. The van der Waals surface area contributed by atoms with Crippen LogP contribution in [0.15, 0.2) is 83.1 Å². The van der Waals surface area contributed by atoms with E-state index in [2.05, 4.69) is 28.9 Å². The fourth-order valence-corrected chi connectivity index (χ4v) is 8.08. The van der Waals surface area contributed by atoms with Crippen molar-refractivity contribution in [1.29, 1.82) is 0 Å². The molecule has 0 saturated heterocycles. The SMILES string of the molecule is CC(NC(=O)C1CCCC1C(=O)N(C)Cc1ccc(-c2ccccc2S(N)(=O)=O)cc1)c1ccc(-c2cccs2)s1. The summed E-state index contributed by atoms with van der Waals surface area (Å²) < 4.78 is 24.0. The van der Waals surface area contributed by atoms with Crippen LogP contribution in [0.2, 0.25) is 0 Å². The Morgan fingerprint density at radius 2 is 1.71 bits per heavy atom. The molecule has 0 spiro atoms. The van der Waals surface area contributed by atoms with Gasteiger partial charge in [0.1, 0.15) is 0 Å². The molecule has 5 rings (SSSR count). The summed E-state index contributed by atoms with van der Waals surface area (Å²) in [5, 5.41) is 10.6. The van der Waals surface area contributed by atoms with E-state index >= 15 is 0 Å². The molecule has 2 amide bonds. The minimum atomic E-state index is -3.86. The maximum atomic E-state index is 13.5. The average Bonchev–Trinajstić information content (AvgIpc) is 3.74. The maximum Gasteiger partial charge on any atom is 0.238 e. The van der Waals surface area contributed by atoms with Crippen LogP contribution in [0.25, 0.3) is 20.9 Å². The molecule has 3 unspecified atom stereocenters. The lowest BCUT2D eigenvalue weighted by molar-refractivity contribution is -0.140. The standard InChI is InChI=1S/C31H33N3O4S3/c1-20(26-16-17-28(40-26)27-10-6-18-39-27)33-30(35)24-8-5-9-25(24)31(36)34(2)19-21-12-14-22(15-13-21)23-7-3-4-11-29(23)41(32,37)38/h3-4,6-7,10-18,20,24-25H,5,8-9,19H2,1-2H3,(H,33,35)(H2,32,37,38). The van der Waals surface area contributed by atoms with Crippen molar-refractivity contribution in [3.8, 4) is 20.9 Å². The number of benzene rings is 2. The number of thiophene rings is 2. The van der Waals surface area contributed by atoms with Crippen molar-refractivity contribution in [2.75, 3.05) is 7.05 Å². The van der Waals surface area contributed by atoms with E-state index in [4.69, 9.17) is 5.14 Å². The molecule has 7 nitrogen and oxygen atoms in total. The zero-order chi connectivity index (χ0) is 29.1. The molecule has 1 fully saturated rings. The van der Waals surface area contributed by atoms with E-state index in [9.17, 15) is 18.0 Å². The van der Waals surface area contributed by atoms with E-state index in [0.717, 1.165) is 22.4 Å². The summed E-state index contributed by atoms with van der Waals surface area (Å²) in [6.45, 7) is 2.38. The molecule has 4 aromatic rings. The van der Waals surface area contributed by atoms with E-state index < -0.39 is 10.0 Å². The summed E-state index contributed by atoms with van der Waals surface area (Å²) in [5.74, 6) is -0.792. The molecule has 10 heteroatoms. The molecule has 2 aromatic carbocycles. The molecule has 0 bridgehead atoms. The lowest BCUT2D eigenvalue weighted by Gasteiger charge is -2.26. The molecule has 1 aliphatic carbocycles. The van der Waals surface area contributed by atoms with Crippen LogP contribution in [-0.2, 0) is 26.2 Å². The number of nitrogens with two attached hydrogens (primary N) is 1. The summed E-state index contributed by atoms with van der Waals surface area (Å²) in [6.07, 6.45) is 2.24. The van der Waals surface area contributed by atoms with Gasteiger partial charge in [-0.15, -0.1) is 22.7 Å². The van der Waals surface area contributed by atoms with Gasteiger partial charge in [-0.1, -0.05) is 55.0 Å². The minimum absolute atomic E-state index is 0.0324. The highest BCUT2D eigenvalue weighted by molar-refractivity contribution is 7.89. The van der Waals surface area contributed by atoms with Crippen LogP contribution in [0.1, 0.15) is 42.7 Å². The van der Waals surface area contributed by atoms with Crippen LogP contribution in [0.3, 0.4) is 0 Å². The highest BCUT2D eigenvalue weighted by Crippen LogP contribution is 2.36. The third-order valence-corrected chi connectivity index (χ3v) is 10.9. The molecule has 1 saturated carbocycles. The van der Waals surface area contributed by atoms with Crippen molar-refractivity contribution in [2.45, 2.75) is 43.7 Å². The second-order valence-corrected chi connectivity index (χ2v) is 14.1. The molecule has 214 valence electrons. The Morgan fingerprint density at radius 1 is 0.976 bits per heavy atom. The Kier molecular flexibility index (Phi) is 8.74. The van der Waals surface area contributed by atoms with E-state index in [-0.39, 0.29) is 34.6 Å². The number of carbonyl (C=O) groups is 2. The Bertz CT molecular complexity index is 1630. The van der Waals surface area contributed by atoms with Crippen molar-refractivity contribution >= 4 is 44.5 Å². The number of hydrogen-bond donors (Lipinski definition) is 2. The van der Waals surface area contributed by atoms with Crippen molar-refractivity contribution in [1.82, 2.24) is 10.2 Å². The van der Waals surface area contributed by atoms with Crippen molar-refractivity contribution < 1.29 is 18.0 Å². The summed E-state index contributed by atoms with van der Waals surface area (Å²) in [6, 6.07) is 22.2. The molecule has 0 aliphatic heterocycles. The number of nitrogens with zero attached hydrogens (tertiary/aromatic N) is 1.